The molecule has 2 rings (SSSR count). The predicted molar refractivity (Wildman–Crippen MR) is 70.0 cm³/mol. The van der Waals surface area contributed by atoms with E-state index in [1.807, 2.05) is 18.2 Å². The molecule has 4 heteroatoms. The van der Waals surface area contributed by atoms with Crippen molar-refractivity contribution in [2.45, 2.75) is 6.92 Å². The van der Waals surface area contributed by atoms with Crippen LogP contribution in [0.25, 0.3) is 11.1 Å². The molecule has 4 nitrogen and oxygen atoms in total. The number of rotatable bonds is 3. The van der Waals surface area contributed by atoms with Crippen molar-refractivity contribution in [1.29, 1.82) is 0 Å². The number of nitrogens with two attached hydrogens (primary N) is 1. The van der Waals surface area contributed by atoms with Gasteiger partial charge in [-0.1, -0.05) is 18.2 Å². The van der Waals surface area contributed by atoms with Gasteiger partial charge in [-0.15, -0.1) is 0 Å². The molecule has 0 bridgehead atoms. The zero-order chi connectivity index (χ0) is 13.0. The van der Waals surface area contributed by atoms with Gasteiger partial charge in [-0.05, 0) is 30.7 Å². The van der Waals surface area contributed by atoms with Crippen molar-refractivity contribution in [3.8, 4) is 11.1 Å². The van der Waals surface area contributed by atoms with E-state index in [0.717, 1.165) is 11.1 Å². The van der Waals surface area contributed by atoms with Gasteiger partial charge in [-0.3, -0.25) is 0 Å². The van der Waals surface area contributed by atoms with Crippen LogP contribution in [0.15, 0.2) is 42.6 Å². The summed E-state index contributed by atoms with van der Waals surface area (Å²) < 4.78 is 4.99. The summed E-state index contributed by atoms with van der Waals surface area (Å²) in [5.74, 6) is -0.421. The maximum atomic E-state index is 11.8. The third kappa shape index (κ3) is 2.48. The van der Waals surface area contributed by atoms with Gasteiger partial charge in [0.15, 0.2) is 5.69 Å². The van der Waals surface area contributed by atoms with Gasteiger partial charge in [0.1, 0.15) is 0 Å². The van der Waals surface area contributed by atoms with Crippen LogP contribution < -0.4 is 5.73 Å². The van der Waals surface area contributed by atoms with E-state index < -0.39 is 5.97 Å². The third-order valence-corrected chi connectivity index (χ3v) is 2.47. The van der Waals surface area contributed by atoms with Crippen LogP contribution in [0.3, 0.4) is 0 Å². The molecule has 0 aliphatic rings. The number of ether oxygens (including phenoxy) is 1. The van der Waals surface area contributed by atoms with Gasteiger partial charge in [0.05, 0.1) is 6.61 Å². The van der Waals surface area contributed by atoms with Gasteiger partial charge in [-0.25, -0.2) is 9.78 Å². The SMILES string of the molecule is CCOC(=O)c1ncccc1-c1cccc(N)c1. The summed E-state index contributed by atoms with van der Waals surface area (Å²) >= 11 is 0. The Morgan fingerprint density at radius 2 is 2.17 bits per heavy atom. The molecule has 1 aromatic carbocycles. The Morgan fingerprint density at radius 1 is 1.33 bits per heavy atom. The van der Waals surface area contributed by atoms with Crippen molar-refractivity contribution in [1.82, 2.24) is 4.98 Å². The second-order valence-electron chi connectivity index (χ2n) is 3.75. The number of nitrogens with zero attached hydrogens (tertiary/aromatic N) is 1. The van der Waals surface area contributed by atoms with E-state index in [1.165, 1.54) is 0 Å². The Labute approximate surface area is 105 Å². The Morgan fingerprint density at radius 3 is 2.89 bits per heavy atom. The molecular weight excluding hydrogens is 228 g/mol. The lowest BCUT2D eigenvalue weighted by Crippen LogP contribution is -2.08. The Kier molecular flexibility index (Phi) is 3.57. The third-order valence-electron chi connectivity index (χ3n) is 2.47. The average molecular weight is 242 g/mol. The second kappa shape index (κ2) is 5.31. The zero-order valence-corrected chi connectivity index (χ0v) is 10.1. The first-order valence-electron chi connectivity index (χ1n) is 5.70. The van der Waals surface area contributed by atoms with E-state index in [4.69, 9.17) is 10.5 Å². The van der Waals surface area contributed by atoms with E-state index in [2.05, 4.69) is 4.98 Å². The van der Waals surface area contributed by atoms with Crippen molar-refractivity contribution in [2.75, 3.05) is 12.3 Å². The normalized spacial score (nSPS) is 10.1. The topological polar surface area (TPSA) is 65.2 Å². The highest BCUT2D eigenvalue weighted by atomic mass is 16.5. The molecule has 0 saturated carbocycles. The molecule has 0 aliphatic carbocycles. The van der Waals surface area contributed by atoms with Crippen LogP contribution in [0, 0.1) is 0 Å². The predicted octanol–water partition coefficient (Wildman–Crippen LogP) is 2.51. The van der Waals surface area contributed by atoms with E-state index in [0.29, 0.717) is 18.0 Å². The summed E-state index contributed by atoms with van der Waals surface area (Å²) in [6.07, 6.45) is 1.57. The summed E-state index contributed by atoms with van der Waals surface area (Å²) in [7, 11) is 0. The van der Waals surface area contributed by atoms with Gasteiger partial charge >= 0.3 is 5.97 Å². The van der Waals surface area contributed by atoms with E-state index in [-0.39, 0.29) is 0 Å². The minimum absolute atomic E-state index is 0.310. The highest BCUT2D eigenvalue weighted by Gasteiger charge is 2.14. The van der Waals surface area contributed by atoms with Crippen molar-refractivity contribution in [3.63, 3.8) is 0 Å². The van der Waals surface area contributed by atoms with Crippen LogP contribution in [0.5, 0.6) is 0 Å². The van der Waals surface area contributed by atoms with Crippen LogP contribution in [-0.4, -0.2) is 17.6 Å². The van der Waals surface area contributed by atoms with Crippen LogP contribution in [0.4, 0.5) is 5.69 Å². The van der Waals surface area contributed by atoms with Gasteiger partial charge in [0.25, 0.3) is 0 Å². The zero-order valence-electron chi connectivity index (χ0n) is 10.1. The largest absolute Gasteiger partial charge is 0.461 e. The summed E-state index contributed by atoms with van der Waals surface area (Å²) in [6, 6.07) is 10.9. The monoisotopic (exact) mass is 242 g/mol. The first-order valence-corrected chi connectivity index (χ1v) is 5.70. The number of esters is 1. The van der Waals surface area contributed by atoms with Crippen LogP contribution in [-0.2, 0) is 4.74 Å². The molecule has 1 aromatic heterocycles. The second-order valence-corrected chi connectivity index (χ2v) is 3.75. The maximum Gasteiger partial charge on any atom is 0.357 e. The molecule has 0 spiro atoms. The molecule has 0 saturated heterocycles. The highest BCUT2D eigenvalue weighted by molar-refractivity contribution is 5.95. The van der Waals surface area contributed by atoms with E-state index >= 15 is 0 Å². The van der Waals surface area contributed by atoms with Gasteiger partial charge < -0.3 is 10.5 Å². The molecule has 2 aromatic rings. The lowest BCUT2D eigenvalue weighted by molar-refractivity contribution is 0.0520. The lowest BCUT2D eigenvalue weighted by atomic mass is 10.0. The van der Waals surface area contributed by atoms with Gasteiger partial charge in [0.2, 0.25) is 0 Å². The van der Waals surface area contributed by atoms with Crippen molar-refractivity contribution in [2.24, 2.45) is 0 Å². The van der Waals surface area contributed by atoms with Gasteiger partial charge in [0, 0.05) is 17.4 Å². The summed E-state index contributed by atoms with van der Waals surface area (Å²) in [5, 5.41) is 0. The molecule has 1 heterocycles. The molecule has 2 N–H and O–H groups in total. The Balaban J connectivity index is 2.48. The number of hydrogen-bond donors (Lipinski definition) is 1. The number of pyridine rings is 1. The van der Waals surface area contributed by atoms with E-state index in [9.17, 15) is 4.79 Å². The fourth-order valence-electron chi connectivity index (χ4n) is 1.71. The quantitative estimate of drug-likeness (QED) is 0.663. The molecule has 0 aliphatic heterocycles. The molecule has 0 atom stereocenters. The first kappa shape index (κ1) is 12.1. The maximum absolute atomic E-state index is 11.8. The van der Waals surface area contributed by atoms with Crippen molar-refractivity contribution < 1.29 is 9.53 Å². The number of hydrogen-bond acceptors (Lipinski definition) is 4. The average Bonchev–Trinajstić information content (AvgIpc) is 2.39. The van der Waals surface area contributed by atoms with E-state index in [1.54, 1.807) is 31.3 Å². The number of nitrogen functional groups attached to an aromatic ring is 1. The molecule has 0 unspecified atom stereocenters. The van der Waals surface area contributed by atoms with Crippen LogP contribution in [0.2, 0.25) is 0 Å². The Hall–Kier alpha value is -2.36. The van der Waals surface area contributed by atoms with Gasteiger partial charge in [-0.2, -0.15) is 0 Å². The molecule has 92 valence electrons. The first-order chi connectivity index (χ1) is 8.72. The summed E-state index contributed by atoms with van der Waals surface area (Å²) in [4.78, 5) is 15.9. The summed E-state index contributed by atoms with van der Waals surface area (Å²) in [5.41, 5.74) is 8.28. The minimum atomic E-state index is -0.421. The Bertz CT molecular complexity index is 567. The smallest absolute Gasteiger partial charge is 0.357 e. The molecule has 18 heavy (non-hydrogen) atoms. The van der Waals surface area contributed by atoms with Crippen LogP contribution >= 0.6 is 0 Å². The molecule has 0 radical (unpaired) electrons. The minimum Gasteiger partial charge on any atom is -0.461 e. The number of carbonyl (C=O) groups excluding carboxylic acids is 1. The van der Waals surface area contributed by atoms with Crippen molar-refractivity contribution in [3.05, 3.63) is 48.3 Å². The molecule has 0 fully saturated rings. The number of anilines is 1. The lowest BCUT2D eigenvalue weighted by Gasteiger charge is -2.08. The number of carbonyl (C=O) groups is 1. The van der Waals surface area contributed by atoms with Crippen molar-refractivity contribution >= 4 is 11.7 Å². The fourth-order valence-corrected chi connectivity index (χ4v) is 1.71. The number of aromatic nitrogens is 1. The molecule has 0 amide bonds. The van der Waals surface area contributed by atoms with Crippen LogP contribution in [0.1, 0.15) is 17.4 Å². The fraction of sp³-hybridized carbons (Fsp3) is 0.143. The molecular formula is C14H14N2O2. The number of benzene rings is 1. The summed E-state index contributed by atoms with van der Waals surface area (Å²) in [6.45, 7) is 2.09. The standard InChI is InChI=1S/C14H14N2O2/c1-2-18-14(17)13-12(7-4-8-16-13)10-5-3-6-11(15)9-10/h3-9H,2,15H2,1H3. The highest BCUT2D eigenvalue weighted by Crippen LogP contribution is 2.24.